The average molecular weight is 571 g/mol. The van der Waals surface area contributed by atoms with Crippen LogP contribution in [0.25, 0.3) is 11.3 Å². The minimum Gasteiger partial charge on any atom is -0.555 e. The topological polar surface area (TPSA) is 54.5 Å². The fraction of sp³-hybridized carbons (Fsp3) is 0.273. The van der Waals surface area contributed by atoms with Crippen molar-refractivity contribution in [1.29, 1.82) is 0 Å². The fourth-order valence-corrected chi connectivity index (χ4v) is 5.21. The Balaban J connectivity index is 1.41. The maximum Gasteiger partial charge on any atom is 0.416 e. The normalized spacial score (nSPS) is 13.5. The quantitative estimate of drug-likeness (QED) is 0.234. The number of aryl methyl sites for hydroxylation is 1. The Morgan fingerprint density at radius 1 is 0.976 bits per heavy atom. The summed E-state index contributed by atoms with van der Waals surface area (Å²) in [6, 6.07) is 22.5. The molecule has 216 valence electrons. The maximum absolute atomic E-state index is 13.1. The number of piperidine rings is 1. The van der Waals surface area contributed by atoms with E-state index in [4.69, 9.17) is 4.65 Å². The highest BCUT2D eigenvalue weighted by molar-refractivity contribution is 6.66. The van der Waals surface area contributed by atoms with Crippen LogP contribution in [0, 0.1) is 6.92 Å². The van der Waals surface area contributed by atoms with E-state index in [1.54, 1.807) is 24.4 Å². The molecule has 5 rings (SSSR count). The first-order chi connectivity index (χ1) is 20.2. The van der Waals surface area contributed by atoms with E-state index in [9.17, 15) is 18.0 Å². The first-order valence-corrected chi connectivity index (χ1v) is 14.2. The number of alkyl halides is 3. The Kier molecular flexibility index (Phi) is 8.85. The molecule has 0 radical (unpaired) electrons. The van der Waals surface area contributed by atoms with E-state index in [-0.39, 0.29) is 13.5 Å². The standard InChI is InChI=1S/C33H33BF3N3O2/c1-23-8-6-11-27(18-23)34(2)42-31-13-12-28(40-16-4-3-5-17-40)21-29(31)30-20-25(14-15-38-30)32(41)39-22-24-9-7-10-26(19-24)33(35,36)37/h6-15,18-21H,3-5,16-17,22H2,1-2H3,(H,39,41). The second kappa shape index (κ2) is 12.7. The molecule has 1 N–H and O–H groups in total. The molecule has 0 aliphatic carbocycles. The van der Waals surface area contributed by atoms with Gasteiger partial charge in [0.05, 0.1) is 11.3 Å². The SMILES string of the molecule is CB(Oc1ccc(N2CCCCC2)cc1-c1cc(C(=O)NCc2cccc(C(F)(F)F)c2)ccn1)c1cccc(C)c1. The summed E-state index contributed by atoms with van der Waals surface area (Å²) < 4.78 is 45.8. The van der Waals surface area contributed by atoms with Gasteiger partial charge in [-0.15, -0.1) is 0 Å². The monoisotopic (exact) mass is 571 g/mol. The van der Waals surface area contributed by atoms with Crippen molar-refractivity contribution in [3.63, 3.8) is 0 Å². The van der Waals surface area contributed by atoms with Gasteiger partial charge < -0.3 is 14.9 Å². The first kappa shape index (κ1) is 29.2. The molecule has 9 heteroatoms. The number of halogens is 3. The zero-order valence-corrected chi connectivity index (χ0v) is 23.7. The van der Waals surface area contributed by atoms with Gasteiger partial charge in [0.15, 0.2) is 0 Å². The summed E-state index contributed by atoms with van der Waals surface area (Å²) in [6.45, 7) is 5.75. The van der Waals surface area contributed by atoms with E-state index in [0.29, 0.717) is 22.6 Å². The van der Waals surface area contributed by atoms with Gasteiger partial charge in [-0.25, -0.2) is 0 Å². The third-order valence-corrected chi connectivity index (χ3v) is 7.51. The van der Waals surface area contributed by atoms with E-state index in [1.165, 1.54) is 12.5 Å². The molecule has 1 amide bonds. The molecule has 5 nitrogen and oxygen atoms in total. The van der Waals surface area contributed by atoms with Crippen molar-refractivity contribution < 1.29 is 22.6 Å². The minimum absolute atomic E-state index is 0.0345. The Morgan fingerprint density at radius 2 is 1.76 bits per heavy atom. The van der Waals surface area contributed by atoms with Crippen molar-refractivity contribution in [2.45, 2.75) is 45.7 Å². The maximum atomic E-state index is 13.1. The summed E-state index contributed by atoms with van der Waals surface area (Å²) in [5, 5.41) is 2.74. The number of benzene rings is 3. The number of hydrogen-bond donors (Lipinski definition) is 1. The first-order valence-electron chi connectivity index (χ1n) is 14.2. The highest BCUT2D eigenvalue weighted by Crippen LogP contribution is 2.35. The van der Waals surface area contributed by atoms with Gasteiger partial charge in [0, 0.05) is 42.6 Å². The van der Waals surface area contributed by atoms with E-state index in [1.807, 2.05) is 38.0 Å². The van der Waals surface area contributed by atoms with Crippen molar-refractivity contribution in [2.75, 3.05) is 18.0 Å². The second-order valence-electron chi connectivity index (χ2n) is 10.7. The Morgan fingerprint density at radius 3 is 2.52 bits per heavy atom. The number of pyridine rings is 1. The van der Waals surface area contributed by atoms with Gasteiger partial charge in [-0.1, -0.05) is 42.0 Å². The van der Waals surface area contributed by atoms with Crippen molar-refractivity contribution in [3.8, 4) is 17.0 Å². The molecule has 2 heterocycles. The van der Waals surface area contributed by atoms with E-state index in [2.05, 4.69) is 33.4 Å². The molecule has 1 aromatic heterocycles. The lowest BCUT2D eigenvalue weighted by atomic mass is 9.63. The third-order valence-electron chi connectivity index (χ3n) is 7.51. The van der Waals surface area contributed by atoms with Gasteiger partial charge in [-0.2, -0.15) is 13.2 Å². The number of hydrogen-bond acceptors (Lipinski definition) is 4. The van der Waals surface area contributed by atoms with Crippen molar-refractivity contribution in [1.82, 2.24) is 10.3 Å². The summed E-state index contributed by atoms with van der Waals surface area (Å²) in [7, 11) is 0. The zero-order valence-electron chi connectivity index (χ0n) is 23.7. The molecule has 0 unspecified atom stereocenters. The van der Waals surface area contributed by atoms with Crippen LogP contribution in [-0.4, -0.2) is 30.9 Å². The number of carbonyl (C=O) groups excluding carboxylic acids is 1. The van der Waals surface area contributed by atoms with E-state index in [0.717, 1.165) is 60.3 Å². The summed E-state index contributed by atoms with van der Waals surface area (Å²) in [5.74, 6) is 0.248. The predicted octanol–water partition coefficient (Wildman–Crippen LogP) is 6.90. The van der Waals surface area contributed by atoms with Crippen LogP contribution < -0.4 is 20.3 Å². The smallest absolute Gasteiger partial charge is 0.416 e. The van der Waals surface area contributed by atoms with Crippen LogP contribution in [0.1, 0.15) is 46.3 Å². The molecule has 0 spiro atoms. The number of carbonyl (C=O) groups is 1. The van der Waals surface area contributed by atoms with Crippen LogP contribution in [0.4, 0.5) is 18.9 Å². The number of rotatable bonds is 8. The largest absolute Gasteiger partial charge is 0.555 e. The lowest BCUT2D eigenvalue weighted by Crippen LogP contribution is -2.33. The number of aromatic nitrogens is 1. The van der Waals surface area contributed by atoms with Gasteiger partial charge in [0.1, 0.15) is 5.75 Å². The third kappa shape index (κ3) is 7.13. The molecule has 1 aliphatic rings. The van der Waals surface area contributed by atoms with E-state index >= 15 is 0 Å². The molecule has 0 bridgehead atoms. The molecule has 1 fully saturated rings. The van der Waals surface area contributed by atoms with E-state index < -0.39 is 17.6 Å². The van der Waals surface area contributed by atoms with Gasteiger partial charge in [0.25, 0.3) is 5.91 Å². The second-order valence-corrected chi connectivity index (χ2v) is 10.7. The molecule has 1 saturated heterocycles. The predicted molar refractivity (Wildman–Crippen MR) is 161 cm³/mol. The molecular formula is C33H33BF3N3O2. The van der Waals surface area contributed by atoms with Gasteiger partial charge in [-0.05, 0) is 86.5 Å². The highest BCUT2D eigenvalue weighted by atomic mass is 19.4. The summed E-state index contributed by atoms with van der Waals surface area (Å²) >= 11 is 0. The zero-order chi connectivity index (χ0) is 29.7. The van der Waals surface area contributed by atoms with Gasteiger partial charge in [0.2, 0.25) is 0 Å². The van der Waals surface area contributed by atoms with Gasteiger partial charge >= 0.3 is 13.1 Å². The van der Waals surface area contributed by atoms with Crippen molar-refractivity contribution in [3.05, 3.63) is 107 Å². The Bertz CT molecular complexity index is 1550. The lowest BCUT2D eigenvalue weighted by Gasteiger charge is -2.29. The average Bonchev–Trinajstić information content (AvgIpc) is 3.00. The van der Waals surface area contributed by atoms with Gasteiger partial charge in [-0.3, -0.25) is 9.78 Å². The Hall–Kier alpha value is -4.27. The number of anilines is 1. The van der Waals surface area contributed by atoms with Crippen LogP contribution in [0.3, 0.4) is 0 Å². The van der Waals surface area contributed by atoms with Crippen LogP contribution in [0.2, 0.25) is 6.82 Å². The summed E-state index contributed by atoms with van der Waals surface area (Å²) in [4.78, 5) is 20.0. The molecule has 3 aromatic carbocycles. The minimum atomic E-state index is -4.45. The molecular weight excluding hydrogens is 538 g/mol. The molecule has 0 saturated carbocycles. The number of nitrogens with one attached hydrogen (secondary N) is 1. The summed E-state index contributed by atoms with van der Waals surface area (Å²) in [5.41, 5.74) is 4.58. The van der Waals surface area contributed by atoms with Crippen LogP contribution in [0.15, 0.2) is 85.1 Å². The van der Waals surface area contributed by atoms with Crippen LogP contribution in [-0.2, 0) is 12.7 Å². The highest BCUT2D eigenvalue weighted by Gasteiger charge is 2.30. The molecule has 4 aromatic rings. The molecule has 0 atom stereocenters. The molecule has 1 aliphatic heterocycles. The van der Waals surface area contributed by atoms with Crippen molar-refractivity contribution >= 4 is 24.0 Å². The van der Waals surface area contributed by atoms with Crippen molar-refractivity contribution in [2.24, 2.45) is 0 Å². The number of nitrogens with zero attached hydrogens (tertiary/aromatic N) is 2. The Labute approximate surface area is 244 Å². The summed E-state index contributed by atoms with van der Waals surface area (Å²) in [6.07, 6.45) is 0.614. The fourth-order valence-electron chi connectivity index (χ4n) is 5.21. The molecule has 42 heavy (non-hydrogen) atoms. The van der Waals surface area contributed by atoms with Crippen LogP contribution >= 0.6 is 0 Å². The lowest BCUT2D eigenvalue weighted by molar-refractivity contribution is -0.137. The van der Waals surface area contributed by atoms with Crippen LogP contribution in [0.5, 0.6) is 5.75 Å². The number of amides is 1.